The van der Waals surface area contributed by atoms with Crippen LogP contribution < -0.4 is 5.73 Å². The van der Waals surface area contributed by atoms with Gasteiger partial charge in [0.2, 0.25) is 0 Å². The standard InChI is InChI=1S/C9H9FN2/c10-5-8-4-6-3-7(11)1-2-9(6)12-8/h1-4,12H,5,11H2. The molecule has 0 aliphatic carbocycles. The van der Waals surface area contributed by atoms with Crippen molar-refractivity contribution in [3.63, 3.8) is 0 Å². The number of H-pyrrole nitrogens is 1. The molecule has 0 amide bonds. The van der Waals surface area contributed by atoms with Crippen LogP contribution >= 0.6 is 0 Å². The van der Waals surface area contributed by atoms with Crippen LogP contribution in [0, 0.1) is 0 Å². The molecule has 0 fully saturated rings. The van der Waals surface area contributed by atoms with Crippen molar-refractivity contribution >= 4 is 16.6 Å². The van der Waals surface area contributed by atoms with Gasteiger partial charge in [0.15, 0.2) is 0 Å². The minimum absolute atomic E-state index is 0.464. The van der Waals surface area contributed by atoms with E-state index in [1.165, 1.54) is 0 Å². The molecule has 62 valence electrons. The summed E-state index contributed by atoms with van der Waals surface area (Å²) in [6.45, 7) is -0.464. The fourth-order valence-electron chi connectivity index (χ4n) is 1.28. The number of alkyl halides is 1. The van der Waals surface area contributed by atoms with Gasteiger partial charge >= 0.3 is 0 Å². The smallest absolute Gasteiger partial charge is 0.129 e. The number of aromatic nitrogens is 1. The molecule has 0 radical (unpaired) electrons. The molecule has 0 bridgehead atoms. The van der Waals surface area contributed by atoms with E-state index < -0.39 is 6.67 Å². The van der Waals surface area contributed by atoms with Crippen molar-refractivity contribution in [2.45, 2.75) is 6.67 Å². The highest BCUT2D eigenvalue weighted by atomic mass is 19.1. The number of anilines is 1. The Kier molecular flexibility index (Phi) is 1.50. The van der Waals surface area contributed by atoms with E-state index in [0.717, 1.165) is 10.9 Å². The van der Waals surface area contributed by atoms with Crippen LogP contribution in [0.3, 0.4) is 0 Å². The highest BCUT2D eigenvalue weighted by molar-refractivity contribution is 5.83. The highest BCUT2D eigenvalue weighted by Gasteiger charge is 1.99. The number of aromatic amines is 1. The summed E-state index contributed by atoms with van der Waals surface area (Å²) in [5.74, 6) is 0. The van der Waals surface area contributed by atoms with Crippen molar-refractivity contribution in [1.29, 1.82) is 0 Å². The number of hydrogen-bond acceptors (Lipinski definition) is 1. The Morgan fingerprint density at radius 3 is 2.92 bits per heavy atom. The first-order valence-corrected chi connectivity index (χ1v) is 3.72. The van der Waals surface area contributed by atoms with Crippen LogP contribution in [0.2, 0.25) is 0 Å². The molecule has 3 heteroatoms. The van der Waals surface area contributed by atoms with E-state index in [0.29, 0.717) is 11.4 Å². The number of halogens is 1. The first-order chi connectivity index (χ1) is 5.79. The lowest BCUT2D eigenvalue weighted by molar-refractivity contribution is 0.478. The Bertz CT molecular complexity index is 406. The number of nitrogens with one attached hydrogen (secondary N) is 1. The number of hydrogen-bond donors (Lipinski definition) is 2. The van der Waals surface area contributed by atoms with Gasteiger partial charge in [0.25, 0.3) is 0 Å². The molecule has 0 spiro atoms. The number of nitrogen functional groups attached to an aromatic ring is 1. The molecule has 1 aromatic heterocycles. The topological polar surface area (TPSA) is 41.8 Å². The first kappa shape index (κ1) is 7.16. The van der Waals surface area contributed by atoms with Crippen molar-refractivity contribution in [3.8, 4) is 0 Å². The molecule has 0 saturated carbocycles. The molecule has 3 N–H and O–H groups in total. The molecule has 1 heterocycles. The van der Waals surface area contributed by atoms with Crippen molar-refractivity contribution in [2.75, 3.05) is 5.73 Å². The minimum atomic E-state index is -0.464. The summed E-state index contributed by atoms with van der Waals surface area (Å²) in [6, 6.07) is 7.24. The van der Waals surface area contributed by atoms with E-state index in [-0.39, 0.29) is 0 Å². The lowest BCUT2D eigenvalue weighted by Crippen LogP contribution is -1.81. The second-order valence-electron chi connectivity index (χ2n) is 2.77. The number of benzene rings is 1. The molecule has 0 atom stereocenters. The third-order valence-corrected chi connectivity index (χ3v) is 1.84. The summed E-state index contributed by atoms with van der Waals surface area (Å²) in [5.41, 5.74) is 7.79. The zero-order valence-corrected chi connectivity index (χ0v) is 6.47. The summed E-state index contributed by atoms with van der Waals surface area (Å²) < 4.78 is 12.2. The van der Waals surface area contributed by atoms with Crippen LogP contribution in [-0.2, 0) is 6.67 Å². The number of fused-ring (bicyclic) bond motifs is 1. The van der Waals surface area contributed by atoms with Gasteiger partial charge in [-0.05, 0) is 24.3 Å². The SMILES string of the molecule is Nc1ccc2[nH]c(CF)cc2c1. The van der Waals surface area contributed by atoms with E-state index >= 15 is 0 Å². The zero-order chi connectivity index (χ0) is 8.55. The second kappa shape index (κ2) is 2.52. The molecule has 2 rings (SSSR count). The maximum absolute atomic E-state index is 12.2. The molecule has 2 nitrogen and oxygen atoms in total. The number of rotatable bonds is 1. The van der Waals surface area contributed by atoms with Crippen LogP contribution in [0.1, 0.15) is 5.69 Å². The maximum atomic E-state index is 12.2. The fourth-order valence-corrected chi connectivity index (χ4v) is 1.28. The van der Waals surface area contributed by atoms with Gasteiger partial charge in [0.1, 0.15) is 6.67 Å². The number of nitrogens with two attached hydrogens (primary N) is 1. The molecule has 0 saturated heterocycles. The summed E-state index contributed by atoms with van der Waals surface area (Å²) in [6.07, 6.45) is 0. The van der Waals surface area contributed by atoms with Crippen LogP contribution in [-0.4, -0.2) is 4.98 Å². The van der Waals surface area contributed by atoms with Gasteiger partial charge in [0.05, 0.1) is 0 Å². The molecule has 2 aromatic rings. The molecule has 12 heavy (non-hydrogen) atoms. The van der Waals surface area contributed by atoms with E-state index in [4.69, 9.17) is 5.73 Å². The summed E-state index contributed by atoms with van der Waals surface area (Å²) in [4.78, 5) is 2.94. The quantitative estimate of drug-likeness (QED) is 0.623. The van der Waals surface area contributed by atoms with Crippen molar-refractivity contribution in [2.24, 2.45) is 0 Å². The van der Waals surface area contributed by atoms with E-state index in [1.54, 1.807) is 12.1 Å². The van der Waals surface area contributed by atoms with Gasteiger partial charge in [0, 0.05) is 22.3 Å². The summed E-state index contributed by atoms with van der Waals surface area (Å²) in [7, 11) is 0. The average Bonchev–Trinajstić information content (AvgIpc) is 2.46. The maximum Gasteiger partial charge on any atom is 0.129 e. The van der Waals surface area contributed by atoms with Gasteiger partial charge in [-0.25, -0.2) is 4.39 Å². The molecular weight excluding hydrogens is 155 g/mol. The Labute approximate surface area is 69.2 Å². The molecule has 0 unspecified atom stereocenters. The van der Waals surface area contributed by atoms with Crippen LogP contribution in [0.5, 0.6) is 0 Å². The first-order valence-electron chi connectivity index (χ1n) is 3.72. The molecular formula is C9H9FN2. The van der Waals surface area contributed by atoms with E-state index in [9.17, 15) is 4.39 Å². The van der Waals surface area contributed by atoms with Crippen molar-refractivity contribution < 1.29 is 4.39 Å². The van der Waals surface area contributed by atoms with Gasteiger partial charge in [-0.15, -0.1) is 0 Å². The lowest BCUT2D eigenvalue weighted by atomic mass is 10.2. The van der Waals surface area contributed by atoms with E-state index in [2.05, 4.69) is 4.98 Å². The van der Waals surface area contributed by atoms with Crippen molar-refractivity contribution in [3.05, 3.63) is 30.0 Å². The lowest BCUT2D eigenvalue weighted by Gasteiger charge is -1.90. The third kappa shape index (κ3) is 1.03. The van der Waals surface area contributed by atoms with Crippen LogP contribution in [0.25, 0.3) is 10.9 Å². The van der Waals surface area contributed by atoms with Gasteiger partial charge in [-0.2, -0.15) is 0 Å². The Balaban J connectivity index is 2.67. The Hall–Kier alpha value is -1.51. The predicted molar refractivity (Wildman–Crippen MR) is 47.5 cm³/mol. The average molecular weight is 164 g/mol. The largest absolute Gasteiger partial charge is 0.399 e. The van der Waals surface area contributed by atoms with Crippen molar-refractivity contribution in [1.82, 2.24) is 4.98 Å². The molecule has 0 aliphatic heterocycles. The monoisotopic (exact) mass is 164 g/mol. The van der Waals surface area contributed by atoms with Gasteiger partial charge in [-0.3, -0.25) is 0 Å². The molecule has 0 aliphatic rings. The zero-order valence-electron chi connectivity index (χ0n) is 6.47. The van der Waals surface area contributed by atoms with Crippen LogP contribution in [0.4, 0.5) is 10.1 Å². The minimum Gasteiger partial charge on any atom is -0.399 e. The Morgan fingerprint density at radius 2 is 2.17 bits per heavy atom. The van der Waals surface area contributed by atoms with Crippen LogP contribution in [0.15, 0.2) is 24.3 Å². The second-order valence-corrected chi connectivity index (χ2v) is 2.77. The van der Waals surface area contributed by atoms with E-state index in [1.807, 2.05) is 12.1 Å². The Morgan fingerprint density at radius 1 is 1.33 bits per heavy atom. The summed E-state index contributed by atoms with van der Waals surface area (Å²) in [5, 5.41) is 0.961. The predicted octanol–water partition coefficient (Wildman–Crippen LogP) is 2.22. The third-order valence-electron chi connectivity index (χ3n) is 1.84. The highest BCUT2D eigenvalue weighted by Crippen LogP contribution is 2.18. The van der Waals surface area contributed by atoms with Gasteiger partial charge < -0.3 is 10.7 Å². The fraction of sp³-hybridized carbons (Fsp3) is 0.111. The molecule has 1 aromatic carbocycles. The van der Waals surface area contributed by atoms with Gasteiger partial charge in [-0.1, -0.05) is 0 Å². The summed E-state index contributed by atoms with van der Waals surface area (Å²) >= 11 is 0. The normalized spacial score (nSPS) is 10.8.